The van der Waals surface area contributed by atoms with Gasteiger partial charge in [0.1, 0.15) is 11.5 Å². The summed E-state index contributed by atoms with van der Waals surface area (Å²) in [6.45, 7) is 6.59. The summed E-state index contributed by atoms with van der Waals surface area (Å²) in [7, 11) is 3.44. The molecular formula is C22H30N2O2. The molecule has 1 aliphatic heterocycles. The number of nitrogens with zero attached hydrogens (tertiary/aromatic N) is 2. The first kappa shape index (κ1) is 18.7. The summed E-state index contributed by atoms with van der Waals surface area (Å²) >= 11 is 0. The van der Waals surface area contributed by atoms with Gasteiger partial charge in [-0.25, -0.2) is 0 Å². The van der Waals surface area contributed by atoms with Gasteiger partial charge >= 0.3 is 0 Å². The third kappa shape index (κ3) is 5.23. The first-order valence-electron chi connectivity index (χ1n) is 9.48. The maximum Gasteiger partial charge on any atom is 0.123 e. The van der Waals surface area contributed by atoms with Crippen LogP contribution in [0.4, 0.5) is 0 Å². The average Bonchev–Trinajstić information content (AvgIpc) is 2.70. The van der Waals surface area contributed by atoms with E-state index in [2.05, 4.69) is 46.2 Å². The van der Waals surface area contributed by atoms with Crippen molar-refractivity contribution in [2.24, 2.45) is 0 Å². The van der Waals surface area contributed by atoms with Crippen LogP contribution in [0.25, 0.3) is 0 Å². The lowest BCUT2D eigenvalue weighted by Gasteiger charge is -2.35. The van der Waals surface area contributed by atoms with E-state index in [0.29, 0.717) is 0 Å². The number of rotatable bonds is 8. The predicted molar refractivity (Wildman–Crippen MR) is 106 cm³/mol. The van der Waals surface area contributed by atoms with Crippen molar-refractivity contribution in [1.29, 1.82) is 0 Å². The highest BCUT2D eigenvalue weighted by Gasteiger charge is 2.18. The van der Waals surface area contributed by atoms with E-state index < -0.39 is 0 Å². The van der Waals surface area contributed by atoms with Crippen LogP contribution in [0.1, 0.15) is 17.5 Å². The fourth-order valence-corrected chi connectivity index (χ4v) is 3.57. The molecule has 0 aromatic heterocycles. The minimum absolute atomic E-state index is 0.889. The van der Waals surface area contributed by atoms with Crippen molar-refractivity contribution < 1.29 is 9.47 Å². The number of piperazine rings is 1. The van der Waals surface area contributed by atoms with E-state index in [1.807, 2.05) is 12.1 Å². The fourth-order valence-electron chi connectivity index (χ4n) is 3.57. The summed E-state index contributed by atoms with van der Waals surface area (Å²) < 4.78 is 10.9. The van der Waals surface area contributed by atoms with Crippen molar-refractivity contribution in [3.63, 3.8) is 0 Å². The monoisotopic (exact) mass is 354 g/mol. The summed E-state index contributed by atoms with van der Waals surface area (Å²) in [4.78, 5) is 5.09. The van der Waals surface area contributed by atoms with Crippen molar-refractivity contribution in [2.75, 3.05) is 46.9 Å². The van der Waals surface area contributed by atoms with Gasteiger partial charge in [-0.2, -0.15) is 0 Å². The van der Waals surface area contributed by atoms with Gasteiger partial charge in [-0.05, 0) is 43.1 Å². The van der Waals surface area contributed by atoms with Gasteiger partial charge in [0.15, 0.2) is 0 Å². The largest absolute Gasteiger partial charge is 0.497 e. The van der Waals surface area contributed by atoms with Crippen LogP contribution >= 0.6 is 0 Å². The van der Waals surface area contributed by atoms with Gasteiger partial charge in [-0.15, -0.1) is 0 Å². The molecule has 1 saturated heterocycles. The van der Waals surface area contributed by atoms with Gasteiger partial charge in [0.25, 0.3) is 0 Å². The molecule has 0 unspecified atom stereocenters. The van der Waals surface area contributed by atoms with Crippen LogP contribution < -0.4 is 9.47 Å². The minimum Gasteiger partial charge on any atom is -0.497 e. The highest BCUT2D eigenvalue weighted by molar-refractivity contribution is 5.40. The summed E-state index contributed by atoms with van der Waals surface area (Å²) in [6, 6.07) is 16.8. The quantitative estimate of drug-likeness (QED) is 0.725. The SMILES string of the molecule is COc1ccc(OC)c(CN2CCN(CCCc3ccccc3)CC2)c1. The predicted octanol–water partition coefficient (Wildman–Crippen LogP) is 3.45. The summed E-state index contributed by atoms with van der Waals surface area (Å²) in [6.07, 6.45) is 2.40. The molecule has 1 aliphatic rings. The van der Waals surface area contributed by atoms with E-state index in [-0.39, 0.29) is 0 Å². The Kier molecular flexibility index (Phi) is 6.92. The zero-order valence-electron chi connectivity index (χ0n) is 16.0. The Hall–Kier alpha value is -2.04. The van der Waals surface area contributed by atoms with E-state index in [1.165, 1.54) is 30.5 Å². The van der Waals surface area contributed by atoms with Crippen molar-refractivity contribution in [3.05, 3.63) is 59.7 Å². The Morgan fingerprint density at radius 1 is 0.846 bits per heavy atom. The molecule has 0 amide bonds. The maximum atomic E-state index is 5.51. The average molecular weight is 354 g/mol. The lowest BCUT2D eigenvalue weighted by atomic mass is 10.1. The van der Waals surface area contributed by atoms with Gasteiger partial charge in [-0.3, -0.25) is 4.90 Å². The molecule has 0 spiro atoms. The maximum absolute atomic E-state index is 5.51. The first-order chi connectivity index (χ1) is 12.8. The normalized spacial score (nSPS) is 15.8. The van der Waals surface area contributed by atoms with E-state index in [9.17, 15) is 0 Å². The zero-order valence-corrected chi connectivity index (χ0v) is 16.0. The third-order valence-corrected chi connectivity index (χ3v) is 5.13. The molecule has 3 rings (SSSR count). The summed E-state index contributed by atoms with van der Waals surface area (Å²) in [5.74, 6) is 1.83. The molecule has 1 heterocycles. The van der Waals surface area contributed by atoms with Crippen molar-refractivity contribution in [3.8, 4) is 11.5 Å². The van der Waals surface area contributed by atoms with Crippen molar-refractivity contribution in [1.82, 2.24) is 9.80 Å². The molecule has 4 nitrogen and oxygen atoms in total. The van der Waals surface area contributed by atoms with Crippen molar-refractivity contribution >= 4 is 0 Å². The van der Waals surface area contributed by atoms with E-state index in [4.69, 9.17) is 9.47 Å². The second kappa shape index (κ2) is 9.60. The second-order valence-corrected chi connectivity index (χ2v) is 6.88. The molecule has 26 heavy (non-hydrogen) atoms. The van der Waals surface area contributed by atoms with Crippen LogP contribution in [0.15, 0.2) is 48.5 Å². The van der Waals surface area contributed by atoms with Gasteiger partial charge in [-0.1, -0.05) is 30.3 Å². The Bertz CT molecular complexity index is 667. The lowest BCUT2D eigenvalue weighted by molar-refractivity contribution is 0.125. The summed E-state index contributed by atoms with van der Waals surface area (Å²) in [5.41, 5.74) is 2.64. The van der Waals surface area contributed by atoms with Crippen LogP contribution in [-0.4, -0.2) is 56.7 Å². The molecule has 2 aromatic rings. The fraction of sp³-hybridized carbons (Fsp3) is 0.455. The summed E-state index contributed by atoms with van der Waals surface area (Å²) in [5, 5.41) is 0. The lowest BCUT2D eigenvalue weighted by Crippen LogP contribution is -2.46. The van der Waals surface area contributed by atoms with E-state index in [0.717, 1.165) is 44.2 Å². The molecular weight excluding hydrogens is 324 g/mol. The molecule has 1 fully saturated rings. The van der Waals surface area contributed by atoms with Crippen LogP contribution in [0.3, 0.4) is 0 Å². The van der Waals surface area contributed by atoms with E-state index in [1.54, 1.807) is 14.2 Å². The third-order valence-electron chi connectivity index (χ3n) is 5.13. The van der Waals surface area contributed by atoms with Crippen LogP contribution in [0.2, 0.25) is 0 Å². The molecule has 0 saturated carbocycles. The van der Waals surface area contributed by atoms with Gasteiger partial charge in [0.05, 0.1) is 14.2 Å². The van der Waals surface area contributed by atoms with Gasteiger partial charge in [0.2, 0.25) is 0 Å². The molecule has 0 radical (unpaired) electrons. The molecule has 0 aliphatic carbocycles. The molecule has 0 atom stereocenters. The number of benzene rings is 2. The molecule has 0 N–H and O–H groups in total. The minimum atomic E-state index is 0.889. The van der Waals surface area contributed by atoms with Crippen LogP contribution in [-0.2, 0) is 13.0 Å². The van der Waals surface area contributed by atoms with Crippen molar-refractivity contribution in [2.45, 2.75) is 19.4 Å². The molecule has 4 heteroatoms. The Morgan fingerprint density at radius 2 is 1.58 bits per heavy atom. The number of aryl methyl sites for hydroxylation is 1. The number of hydrogen-bond acceptors (Lipinski definition) is 4. The standard InChI is InChI=1S/C22H30N2O2/c1-25-21-10-11-22(26-2)20(17-21)18-24-15-13-23(14-16-24)12-6-9-19-7-4-3-5-8-19/h3-5,7-8,10-11,17H,6,9,12-16,18H2,1-2H3. The first-order valence-corrected chi connectivity index (χ1v) is 9.48. The van der Waals surface area contributed by atoms with Gasteiger partial charge < -0.3 is 14.4 Å². The number of ether oxygens (including phenoxy) is 2. The van der Waals surface area contributed by atoms with Gasteiger partial charge in [0, 0.05) is 38.3 Å². The highest BCUT2D eigenvalue weighted by Crippen LogP contribution is 2.25. The Morgan fingerprint density at radius 3 is 2.27 bits per heavy atom. The van der Waals surface area contributed by atoms with Crippen LogP contribution in [0.5, 0.6) is 11.5 Å². The topological polar surface area (TPSA) is 24.9 Å². The molecule has 0 bridgehead atoms. The zero-order chi connectivity index (χ0) is 18.2. The Balaban J connectivity index is 1.44. The van der Waals surface area contributed by atoms with E-state index >= 15 is 0 Å². The number of hydrogen-bond donors (Lipinski definition) is 0. The smallest absolute Gasteiger partial charge is 0.123 e. The van der Waals surface area contributed by atoms with Crippen LogP contribution in [0, 0.1) is 0 Å². The molecule has 140 valence electrons. The Labute approximate surface area is 157 Å². The molecule has 2 aromatic carbocycles. The second-order valence-electron chi connectivity index (χ2n) is 6.88. The number of methoxy groups -OCH3 is 2. The highest BCUT2D eigenvalue weighted by atomic mass is 16.5.